The molecule has 0 spiro atoms. The van der Waals surface area contributed by atoms with Crippen molar-refractivity contribution in [2.75, 3.05) is 24.7 Å². The molecule has 0 bridgehead atoms. The molecule has 1 aliphatic heterocycles. The smallest absolute Gasteiger partial charge is 0.443 e. The fourth-order valence-corrected chi connectivity index (χ4v) is 2.94. The number of rotatable bonds is 2. The Morgan fingerprint density at radius 3 is 2.48 bits per heavy atom. The molecule has 0 aliphatic carbocycles. The predicted octanol–water partition coefficient (Wildman–Crippen LogP) is 1.69. The van der Waals surface area contributed by atoms with E-state index in [4.69, 9.17) is 9.47 Å². The molecule has 150 valence electrons. The number of nitrogens with zero attached hydrogens (tertiary/aromatic N) is 2. The van der Waals surface area contributed by atoms with Crippen molar-refractivity contribution in [1.82, 2.24) is 15.8 Å². The zero-order valence-electron chi connectivity index (χ0n) is 14.6. The number of hydrogen-bond acceptors (Lipinski definition) is 7. The summed E-state index contributed by atoms with van der Waals surface area (Å²) in [6, 6.07) is 0. The minimum absolute atomic E-state index is 0.0297. The van der Waals surface area contributed by atoms with E-state index in [9.17, 15) is 27.6 Å². The molecule has 1 aromatic rings. The highest BCUT2D eigenvalue weighted by molar-refractivity contribution is 7.16. The third kappa shape index (κ3) is 5.53. The number of hydrogen-bond donors (Lipinski definition) is 2. The molecule has 1 aromatic heterocycles. The minimum Gasteiger partial charge on any atom is -0.443 e. The van der Waals surface area contributed by atoms with Crippen LogP contribution in [0.2, 0.25) is 0 Å². The van der Waals surface area contributed by atoms with Gasteiger partial charge in [-0.1, -0.05) is 11.3 Å². The highest BCUT2D eigenvalue weighted by Crippen LogP contribution is 2.38. The van der Waals surface area contributed by atoms with Crippen LogP contribution in [-0.2, 0) is 20.4 Å². The van der Waals surface area contributed by atoms with Crippen LogP contribution in [0.3, 0.4) is 0 Å². The number of aromatic nitrogens is 1. The molecule has 2 N–H and O–H groups in total. The molecule has 2 rings (SSSR count). The fraction of sp³-hybridized carbons (Fsp3) is 0.571. The van der Waals surface area contributed by atoms with E-state index in [1.54, 1.807) is 20.8 Å². The Morgan fingerprint density at radius 2 is 1.93 bits per heavy atom. The van der Waals surface area contributed by atoms with Crippen LogP contribution in [0.4, 0.5) is 23.0 Å². The second kappa shape index (κ2) is 7.68. The summed E-state index contributed by atoms with van der Waals surface area (Å²) >= 11 is 0.158. The van der Waals surface area contributed by atoms with E-state index in [2.05, 4.69) is 4.98 Å². The van der Waals surface area contributed by atoms with Gasteiger partial charge in [-0.3, -0.25) is 19.9 Å². The maximum absolute atomic E-state index is 13.0. The second-order valence-corrected chi connectivity index (χ2v) is 7.33. The van der Waals surface area contributed by atoms with Crippen molar-refractivity contribution in [3.63, 3.8) is 0 Å². The summed E-state index contributed by atoms with van der Waals surface area (Å²) in [5.74, 6) is -1.73. The molecule has 0 atom stereocenters. The van der Waals surface area contributed by atoms with Crippen LogP contribution < -0.4 is 15.8 Å². The number of ether oxygens (including phenoxy) is 2. The fourth-order valence-electron chi connectivity index (χ4n) is 1.97. The summed E-state index contributed by atoms with van der Waals surface area (Å²) in [5, 5.41) is -1.57. The van der Waals surface area contributed by atoms with Gasteiger partial charge in [0.2, 0.25) is 5.01 Å². The lowest BCUT2D eigenvalue weighted by molar-refractivity contribution is -0.137. The topological polar surface area (TPSA) is 110 Å². The van der Waals surface area contributed by atoms with Crippen molar-refractivity contribution in [3.8, 4) is 0 Å². The average Bonchev–Trinajstić information content (AvgIpc) is 2.96. The quantitative estimate of drug-likeness (QED) is 0.718. The number of thiazole rings is 1. The predicted molar refractivity (Wildman–Crippen MR) is 87.1 cm³/mol. The Hall–Kier alpha value is -2.41. The zero-order chi connectivity index (χ0) is 20.4. The molecule has 0 radical (unpaired) electrons. The van der Waals surface area contributed by atoms with Gasteiger partial charge in [0.1, 0.15) is 17.2 Å². The van der Waals surface area contributed by atoms with E-state index in [1.807, 2.05) is 10.9 Å². The van der Waals surface area contributed by atoms with Gasteiger partial charge in [0.15, 0.2) is 5.69 Å². The maximum Gasteiger partial charge on any atom is 0.443 e. The van der Waals surface area contributed by atoms with Crippen molar-refractivity contribution in [2.24, 2.45) is 0 Å². The Morgan fingerprint density at radius 1 is 1.26 bits per heavy atom. The number of carbonyl (C=O) groups is 3. The number of morpholine rings is 1. The van der Waals surface area contributed by atoms with E-state index in [1.165, 1.54) is 0 Å². The molecule has 13 heteroatoms. The molecule has 1 aliphatic rings. The third-order valence-corrected chi connectivity index (χ3v) is 4.10. The number of anilines is 1. The van der Waals surface area contributed by atoms with Crippen molar-refractivity contribution in [2.45, 2.75) is 32.5 Å². The van der Waals surface area contributed by atoms with E-state index in [-0.39, 0.29) is 36.1 Å². The van der Waals surface area contributed by atoms with Gasteiger partial charge in [-0.15, -0.1) is 0 Å². The monoisotopic (exact) mass is 410 g/mol. The Kier molecular flexibility index (Phi) is 5.94. The number of alkyl halides is 3. The number of hydrazine groups is 1. The molecule has 27 heavy (non-hydrogen) atoms. The normalized spacial score (nSPS) is 15.5. The number of carbonyl (C=O) groups excluding carboxylic acids is 3. The van der Waals surface area contributed by atoms with Gasteiger partial charge in [-0.2, -0.15) is 13.2 Å². The number of halogens is 3. The lowest BCUT2D eigenvalue weighted by atomic mass is 10.2. The van der Waals surface area contributed by atoms with Crippen LogP contribution in [-0.4, -0.2) is 48.3 Å². The lowest BCUT2D eigenvalue weighted by Crippen LogP contribution is -2.46. The minimum atomic E-state index is -4.80. The Labute approximate surface area is 155 Å². The number of nitrogens with one attached hydrogen (secondary N) is 2. The molecule has 1 saturated heterocycles. The van der Waals surface area contributed by atoms with Gasteiger partial charge >= 0.3 is 12.3 Å². The summed E-state index contributed by atoms with van der Waals surface area (Å²) in [5.41, 5.74) is 2.36. The second-order valence-electron chi connectivity index (χ2n) is 6.35. The molecular formula is C14H17F3N4O5S. The summed E-state index contributed by atoms with van der Waals surface area (Å²) in [4.78, 5) is 40.0. The summed E-state index contributed by atoms with van der Waals surface area (Å²) in [7, 11) is 0. The van der Waals surface area contributed by atoms with Crippen LogP contribution in [0.5, 0.6) is 0 Å². The van der Waals surface area contributed by atoms with E-state index < -0.39 is 40.4 Å². The Bertz CT molecular complexity index is 744. The Balaban J connectivity index is 2.23. The maximum atomic E-state index is 13.0. The standard InChI is InChI=1S/C14H17F3N4O5S/c1-13(2,3)26-12(24)20-19-9(23)8-10(21-4-5-25-6-7(21)22)27-11(18-8)14(15,16)17/h4-6H2,1-3H3,(H,19,23)(H,20,24). The summed E-state index contributed by atoms with van der Waals surface area (Å²) in [6.07, 6.45) is -5.81. The molecule has 1 fully saturated rings. The van der Waals surface area contributed by atoms with Gasteiger partial charge < -0.3 is 9.47 Å². The number of amides is 3. The van der Waals surface area contributed by atoms with Gasteiger partial charge in [0, 0.05) is 0 Å². The first-order chi connectivity index (χ1) is 12.4. The van der Waals surface area contributed by atoms with Crippen LogP contribution in [0.1, 0.15) is 36.3 Å². The highest BCUT2D eigenvalue weighted by atomic mass is 32.1. The lowest BCUT2D eigenvalue weighted by Gasteiger charge is -2.25. The molecular weight excluding hydrogens is 393 g/mol. The highest BCUT2D eigenvalue weighted by Gasteiger charge is 2.39. The van der Waals surface area contributed by atoms with Gasteiger partial charge in [0.25, 0.3) is 11.8 Å². The molecule has 0 unspecified atom stereocenters. The summed E-state index contributed by atoms with van der Waals surface area (Å²) in [6.45, 7) is 4.52. The van der Waals surface area contributed by atoms with E-state index in [0.29, 0.717) is 0 Å². The summed E-state index contributed by atoms with van der Waals surface area (Å²) < 4.78 is 48.9. The molecule has 9 nitrogen and oxygen atoms in total. The van der Waals surface area contributed by atoms with Crippen LogP contribution in [0.15, 0.2) is 0 Å². The van der Waals surface area contributed by atoms with Gasteiger partial charge in [-0.05, 0) is 20.8 Å². The first-order valence-electron chi connectivity index (χ1n) is 7.64. The largest absolute Gasteiger partial charge is 0.443 e. The van der Waals surface area contributed by atoms with Crippen molar-refractivity contribution in [1.29, 1.82) is 0 Å². The van der Waals surface area contributed by atoms with Gasteiger partial charge in [0.05, 0.1) is 13.2 Å². The molecule has 0 saturated carbocycles. The zero-order valence-corrected chi connectivity index (χ0v) is 15.4. The van der Waals surface area contributed by atoms with Gasteiger partial charge in [-0.25, -0.2) is 15.2 Å². The van der Waals surface area contributed by atoms with Crippen molar-refractivity contribution >= 4 is 34.2 Å². The van der Waals surface area contributed by atoms with Crippen molar-refractivity contribution < 1.29 is 37.0 Å². The van der Waals surface area contributed by atoms with E-state index >= 15 is 0 Å². The SMILES string of the molecule is CC(C)(C)OC(=O)NNC(=O)c1nc(C(F)(F)F)sc1N1CCOCC1=O. The van der Waals surface area contributed by atoms with Crippen LogP contribution in [0, 0.1) is 0 Å². The molecule has 0 aromatic carbocycles. The van der Waals surface area contributed by atoms with Crippen LogP contribution >= 0.6 is 11.3 Å². The average molecular weight is 410 g/mol. The first-order valence-corrected chi connectivity index (χ1v) is 8.45. The van der Waals surface area contributed by atoms with Crippen molar-refractivity contribution in [3.05, 3.63) is 10.7 Å². The first kappa shape index (κ1) is 20.9. The van der Waals surface area contributed by atoms with Crippen LogP contribution in [0.25, 0.3) is 0 Å². The van der Waals surface area contributed by atoms with E-state index in [0.717, 1.165) is 4.90 Å². The molecule has 3 amide bonds. The molecule has 2 heterocycles. The third-order valence-electron chi connectivity index (χ3n) is 2.97.